The lowest BCUT2D eigenvalue weighted by atomic mass is 10.1. The van der Waals surface area contributed by atoms with Gasteiger partial charge in [-0.3, -0.25) is 4.57 Å². The Morgan fingerprint density at radius 2 is 1.69 bits per heavy atom. The predicted octanol–water partition coefficient (Wildman–Crippen LogP) is 3.31. The molecule has 3 aromatic heterocycles. The van der Waals surface area contributed by atoms with Crippen molar-refractivity contribution in [2.45, 2.75) is 43.2 Å². The van der Waals surface area contributed by atoms with Crippen LogP contribution in [0, 0.1) is 0 Å². The van der Waals surface area contributed by atoms with Crippen molar-refractivity contribution in [1.29, 1.82) is 0 Å². The van der Waals surface area contributed by atoms with E-state index < -0.39 is 10.0 Å². The Bertz CT molecular complexity index is 2230. The van der Waals surface area contributed by atoms with Gasteiger partial charge in [-0.25, -0.2) is 17.8 Å². The fourth-order valence-electron chi connectivity index (χ4n) is 6.48. The topological polar surface area (TPSA) is 142 Å². The van der Waals surface area contributed by atoms with Crippen LogP contribution in [-0.2, 0) is 23.0 Å². The second-order valence-electron chi connectivity index (χ2n) is 12.7. The summed E-state index contributed by atoms with van der Waals surface area (Å²) in [5, 5.41) is 11.9. The lowest BCUT2D eigenvalue weighted by Gasteiger charge is -2.34. The molecule has 0 saturated carbocycles. The number of nitrogens with one attached hydrogen (secondary N) is 2. The molecular formula is C35H39BN8O4S. The number of aromatic nitrogens is 5. The van der Waals surface area contributed by atoms with Crippen molar-refractivity contribution in [3.63, 3.8) is 0 Å². The molecule has 12 nitrogen and oxygen atoms in total. The number of piperidine rings is 1. The summed E-state index contributed by atoms with van der Waals surface area (Å²) in [6.07, 6.45) is 5.64. The van der Waals surface area contributed by atoms with Gasteiger partial charge < -0.3 is 15.2 Å². The average Bonchev–Trinajstić information content (AvgIpc) is 3.77. The van der Waals surface area contributed by atoms with Gasteiger partial charge in [0.05, 0.1) is 10.6 Å². The van der Waals surface area contributed by atoms with E-state index in [9.17, 15) is 13.2 Å². The van der Waals surface area contributed by atoms with Crippen LogP contribution in [0.15, 0.2) is 93.3 Å². The molecule has 1 aliphatic rings. The van der Waals surface area contributed by atoms with Crippen LogP contribution < -0.4 is 11.0 Å². The van der Waals surface area contributed by atoms with Crippen molar-refractivity contribution >= 4 is 39.9 Å². The van der Waals surface area contributed by atoms with Crippen LogP contribution in [0.1, 0.15) is 30.4 Å². The number of aryl methyl sites for hydroxylation is 1. The minimum Gasteiger partial charge on any atom is -0.339 e. The Kier molecular flexibility index (Phi) is 9.45. The average molecular weight is 679 g/mol. The molecule has 1 aliphatic heterocycles. The summed E-state index contributed by atoms with van der Waals surface area (Å²) in [7, 11) is 0.427. The van der Waals surface area contributed by atoms with E-state index in [1.807, 2.05) is 48.5 Å². The molecule has 4 heterocycles. The Morgan fingerprint density at radius 3 is 2.45 bits per heavy atom. The standard InChI is InChI=1S/C35H39BN8O4S/c1-42(23-36)21-25-4-9-28(10-5-25)43-22-27-20-32(38-34(27)39-35(43)45)26-7-11-30(12-8-26)49(46,47)44(29-14-16-37-17-15-29)18-2-3-24-6-13-31-33(19-24)41-48-40-31/h4-13,19-20,22,29,37H,2-3,14-18,21,23,36H2,1H3,(H,38,39,45). The van der Waals surface area contributed by atoms with Crippen LogP contribution in [0.3, 0.4) is 0 Å². The number of hydrogen-bond acceptors (Lipinski definition) is 9. The summed E-state index contributed by atoms with van der Waals surface area (Å²) >= 11 is 0. The first-order valence-electron chi connectivity index (χ1n) is 16.7. The molecule has 0 atom stereocenters. The van der Waals surface area contributed by atoms with Crippen LogP contribution in [-0.4, -0.2) is 89.5 Å². The third-order valence-electron chi connectivity index (χ3n) is 9.36. The van der Waals surface area contributed by atoms with E-state index in [2.05, 4.69) is 45.4 Å². The fraction of sp³-hybridized carbons (Fsp3) is 0.314. The Labute approximate surface area is 285 Å². The van der Waals surface area contributed by atoms with Gasteiger partial charge in [-0.15, -0.1) is 0 Å². The van der Waals surface area contributed by atoms with Crippen molar-refractivity contribution in [3.8, 4) is 16.9 Å². The minimum absolute atomic E-state index is 0.0743. The molecule has 6 aromatic rings. The quantitative estimate of drug-likeness (QED) is 0.187. The van der Waals surface area contributed by atoms with Crippen molar-refractivity contribution < 1.29 is 13.0 Å². The molecule has 0 amide bonds. The van der Waals surface area contributed by atoms with Gasteiger partial charge in [0.2, 0.25) is 10.0 Å². The number of aromatic amines is 1. The normalized spacial score (nSPS) is 14.4. The number of H-pyrrole nitrogens is 1. The van der Waals surface area contributed by atoms with E-state index >= 15 is 0 Å². The second kappa shape index (κ2) is 14.1. The van der Waals surface area contributed by atoms with Gasteiger partial charge in [-0.1, -0.05) is 30.3 Å². The number of hydrogen-bond donors (Lipinski definition) is 2. The van der Waals surface area contributed by atoms with E-state index in [1.165, 1.54) is 5.56 Å². The third kappa shape index (κ3) is 7.08. The molecule has 2 N–H and O–H groups in total. The predicted molar refractivity (Wildman–Crippen MR) is 192 cm³/mol. The molecule has 252 valence electrons. The third-order valence-corrected chi connectivity index (χ3v) is 11.3. The SMILES string of the molecule is BCN(C)Cc1ccc(-n2cc3cc(-c4ccc(S(=O)(=O)N(CCCc5ccc6nonc6c5)C5CCNCC5)cc4)[nH]c3nc2=O)cc1. The number of fused-ring (bicyclic) bond motifs is 2. The highest BCUT2D eigenvalue weighted by molar-refractivity contribution is 7.89. The number of rotatable bonds is 12. The number of nitrogens with zero attached hydrogens (tertiary/aromatic N) is 6. The summed E-state index contributed by atoms with van der Waals surface area (Å²) in [4.78, 5) is 23.0. The fourth-order valence-corrected chi connectivity index (χ4v) is 8.20. The van der Waals surface area contributed by atoms with Crippen molar-refractivity contribution in [3.05, 3.63) is 101 Å². The lowest BCUT2D eigenvalue weighted by molar-refractivity contribution is 0.260. The first-order chi connectivity index (χ1) is 23.8. The molecule has 3 aromatic carbocycles. The highest BCUT2D eigenvalue weighted by Gasteiger charge is 2.32. The van der Waals surface area contributed by atoms with Gasteiger partial charge in [-0.05, 0) is 122 Å². The number of benzene rings is 3. The zero-order valence-electron chi connectivity index (χ0n) is 27.7. The molecule has 0 radical (unpaired) electrons. The van der Waals surface area contributed by atoms with Crippen LogP contribution in [0.5, 0.6) is 0 Å². The molecule has 7 rings (SSSR count). The highest BCUT2D eigenvalue weighted by atomic mass is 32.2. The lowest BCUT2D eigenvalue weighted by Crippen LogP contribution is -2.46. The molecule has 0 spiro atoms. The van der Waals surface area contributed by atoms with Crippen LogP contribution >= 0.6 is 0 Å². The smallest absolute Gasteiger partial charge is 0.339 e. The molecule has 0 bridgehead atoms. The zero-order chi connectivity index (χ0) is 34.0. The van der Waals surface area contributed by atoms with Crippen LogP contribution in [0.2, 0.25) is 0 Å². The maximum Gasteiger partial charge on any atom is 0.354 e. The van der Waals surface area contributed by atoms with Crippen molar-refractivity contribution in [2.24, 2.45) is 0 Å². The summed E-state index contributed by atoms with van der Waals surface area (Å²) in [5.74, 6) is 0. The van der Waals surface area contributed by atoms with Crippen molar-refractivity contribution in [1.82, 2.24) is 39.4 Å². The molecule has 0 aliphatic carbocycles. The molecule has 14 heteroatoms. The Hall–Kier alpha value is -4.63. The summed E-state index contributed by atoms with van der Waals surface area (Å²) < 4.78 is 36.3. The number of sulfonamides is 1. The maximum atomic E-state index is 14.1. The van der Waals surface area contributed by atoms with Gasteiger partial charge in [0, 0.05) is 36.4 Å². The summed E-state index contributed by atoms with van der Waals surface area (Å²) in [6, 6.07) is 22.5. The van der Waals surface area contributed by atoms with Gasteiger partial charge in [0.15, 0.2) is 0 Å². The summed E-state index contributed by atoms with van der Waals surface area (Å²) in [5.41, 5.74) is 6.01. The zero-order valence-corrected chi connectivity index (χ0v) is 28.5. The van der Waals surface area contributed by atoms with Crippen LogP contribution in [0.25, 0.3) is 39.0 Å². The largest absolute Gasteiger partial charge is 0.354 e. The van der Waals surface area contributed by atoms with E-state index in [0.29, 0.717) is 36.1 Å². The van der Waals surface area contributed by atoms with E-state index in [1.54, 1.807) is 39.3 Å². The van der Waals surface area contributed by atoms with E-state index in [-0.39, 0.29) is 16.6 Å². The molecule has 1 fully saturated rings. The Morgan fingerprint density at radius 1 is 0.959 bits per heavy atom. The Balaban J connectivity index is 1.09. The molecule has 1 saturated heterocycles. The van der Waals surface area contributed by atoms with Gasteiger partial charge in [0.1, 0.15) is 24.5 Å². The molecule has 49 heavy (non-hydrogen) atoms. The maximum absolute atomic E-state index is 14.1. The molecule has 0 unspecified atom stereocenters. The second-order valence-corrected chi connectivity index (χ2v) is 14.6. The molecular weight excluding hydrogens is 639 g/mol. The first kappa shape index (κ1) is 32.9. The summed E-state index contributed by atoms with van der Waals surface area (Å²) in [6.45, 7) is 2.81. The van der Waals surface area contributed by atoms with E-state index in [4.69, 9.17) is 4.63 Å². The minimum atomic E-state index is -3.76. The first-order valence-corrected chi connectivity index (χ1v) is 18.2. The van der Waals surface area contributed by atoms with Gasteiger partial charge in [0.25, 0.3) is 0 Å². The highest BCUT2D eigenvalue weighted by Crippen LogP contribution is 2.28. The van der Waals surface area contributed by atoms with Crippen molar-refractivity contribution in [2.75, 3.05) is 33.1 Å². The van der Waals surface area contributed by atoms with E-state index in [0.717, 1.165) is 66.8 Å². The monoisotopic (exact) mass is 678 g/mol. The van der Waals surface area contributed by atoms with Gasteiger partial charge >= 0.3 is 5.69 Å². The van der Waals surface area contributed by atoms with Gasteiger partial charge in [-0.2, -0.15) is 9.29 Å². The van der Waals surface area contributed by atoms with Crippen LogP contribution in [0.4, 0.5) is 0 Å².